The zero-order valence-electron chi connectivity index (χ0n) is 18.6. The largest absolute Gasteiger partial charge is 0.463 e. The van der Waals surface area contributed by atoms with Crippen molar-refractivity contribution in [2.45, 2.75) is 84.7 Å². The van der Waals surface area contributed by atoms with Gasteiger partial charge in [0.25, 0.3) is 0 Å². The van der Waals surface area contributed by atoms with Crippen LogP contribution in [0.1, 0.15) is 48.5 Å². The van der Waals surface area contributed by atoms with Crippen LogP contribution in [-0.4, -0.2) is 72.8 Å². The van der Waals surface area contributed by atoms with E-state index in [0.29, 0.717) is 0 Å². The molecular formula is C19H29NO11. The van der Waals surface area contributed by atoms with E-state index in [1.807, 2.05) is 0 Å². The van der Waals surface area contributed by atoms with Gasteiger partial charge in [0.2, 0.25) is 6.29 Å². The minimum Gasteiger partial charge on any atom is -0.463 e. The van der Waals surface area contributed by atoms with Crippen molar-refractivity contribution in [1.82, 2.24) is 5.32 Å². The lowest BCUT2D eigenvalue weighted by atomic mass is 9.96. The summed E-state index contributed by atoms with van der Waals surface area (Å²) in [6, 6.07) is -1.31. The lowest BCUT2D eigenvalue weighted by Crippen LogP contribution is -2.67. The topological polar surface area (TPSA) is 153 Å². The molecule has 1 amide bonds. The number of nitrogens with one attached hydrogen (secondary N) is 1. The zero-order chi connectivity index (χ0) is 23.9. The van der Waals surface area contributed by atoms with Gasteiger partial charge in [-0.3, -0.25) is 19.2 Å². The van der Waals surface area contributed by atoms with Crippen molar-refractivity contribution in [2.75, 3.05) is 6.61 Å². The Hall–Kier alpha value is -2.89. The summed E-state index contributed by atoms with van der Waals surface area (Å²) < 4.78 is 31.5. The molecule has 31 heavy (non-hydrogen) atoms. The van der Waals surface area contributed by atoms with Crippen LogP contribution in [0.2, 0.25) is 0 Å². The minimum atomic E-state index is -1.47. The van der Waals surface area contributed by atoms with E-state index in [2.05, 4.69) is 5.32 Å². The molecule has 1 saturated heterocycles. The minimum absolute atomic E-state index is 0.401. The Labute approximate surface area is 179 Å². The molecule has 1 fully saturated rings. The second-order valence-corrected chi connectivity index (χ2v) is 7.78. The lowest BCUT2D eigenvalue weighted by Gasteiger charge is -2.44. The number of carbonyl (C=O) groups excluding carboxylic acids is 5. The third-order valence-electron chi connectivity index (χ3n) is 3.67. The molecule has 0 aromatic heterocycles. The monoisotopic (exact) mass is 447 g/mol. The molecule has 176 valence electrons. The summed E-state index contributed by atoms with van der Waals surface area (Å²) in [5.74, 6) is -2.93. The molecule has 3 unspecified atom stereocenters. The molecule has 0 aromatic rings. The quantitative estimate of drug-likeness (QED) is 0.450. The van der Waals surface area contributed by atoms with Gasteiger partial charge in [-0.15, -0.1) is 0 Å². The van der Waals surface area contributed by atoms with Crippen LogP contribution in [-0.2, 0) is 47.6 Å². The van der Waals surface area contributed by atoms with Gasteiger partial charge in [-0.2, -0.15) is 0 Å². The Kier molecular flexibility index (Phi) is 9.22. The van der Waals surface area contributed by atoms with Gasteiger partial charge in [0.1, 0.15) is 24.4 Å². The Morgan fingerprint density at radius 3 is 1.77 bits per heavy atom. The van der Waals surface area contributed by atoms with E-state index >= 15 is 0 Å². The smallest absolute Gasteiger partial charge is 0.408 e. The van der Waals surface area contributed by atoms with Gasteiger partial charge in [-0.1, -0.05) is 0 Å². The van der Waals surface area contributed by atoms with Crippen LogP contribution >= 0.6 is 0 Å². The highest BCUT2D eigenvalue weighted by Gasteiger charge is 2.52. The molecule has 1 aliphatic rings. The van der Waals surface area contributed by atoms with Crippen LogP contribution < -0.4 is 5.32 Å². The fourth-order valence-electron chi connectivity index (χ4n) is 2.76. The summed E-state index contributed by atoms with van der Waals surface area (Å²) in [5.41, 5.74) is -0.861. The zero-order valence-corrected chi connectivity index (χ0v) is 18.6. The van der Waals surface area contributed by atoms with Gasteiger partial charge in [0, 0.05) is 27.7 Å². The van der Waals surface area contributed by atoms with Gasteiger partial charge in [-0.05, 0) is 20.8 Å². The molecule has 0 aliphatic carbocycles. The molecular weight excluding hydrogens is 418 g/mol. The molecule has 1 N–H and O–H groups in total. The summed E-state index contributed by atoms with van der Waals surface area (Å²) in [4.78, 5) is 58.7. The summed E-state index contributed by atoms with van der Waals surface area (Å²) in [6.07, 6.45) is -6.21. The first-order valence-corrected chi connectivity index (χ1v) is 9.49. The van der Waals surface area contributed by atoms with Gasteiger partial charge in [0.15, 0.2) is 12.2 Å². The van der Waals surface area contributed by atoms with Gasteiger partial charge in [-0.25, -0.2) is 4.79 Å². The van der Waals surface area contributed by atoms with Crippen LogP contribution in [0.15, 0.2) is 0 Å². The fraction of sp³-hybridized carbons (Fsp3) is 0.737. The molecule has 5 atom stereocenters. The molecule has 0 saturated carbocycles. The van der Waals surface area contributed by atoms with Crippen molar-refractivity contribution in [3.8, 4) is 0 Å². The second-order valence-electron chi connectivity index (χ2n) is 7.78. The number of rotatable bonds is 6. The normalized spacial score (nSPS) is 25.6. The predicted octanol–water partition coefficient (Wildman–Crippen LogP) is 0.594. The van der Waals surface area contributed by atoms with Crippen molar-refractivity contribution < 1.29 is 52.4 Å². The summed E-state index contributed by atoms with van der Waals surface area (Å²) >= 11 is 0. The number of amides is 1. The third kappa shape index (κ3) is 9.20. The number of carbonyl (C=O) groups is 5. The average Bonchev–Trinajstić information content (AvgIpc) is 2.55. The first-order valence-electron chi connectivity index (χ1n) is 9.49. The molecule has 0 bridgehead atoms. The Morgan fingerprint density at radius 2 is 1.32 bits per heavy atom. The van der Waals surface area contributed by atoms with E-state index in [0.717, 1.165) is 27.7 Å². The van der Waals surface area contributed by atoms with E-state index in [9.17, 15) is 24.0 Å². The van der Waals surface area contributed by atoms with Crippen LogP contribution in [0.3, 0.4) is 0 Å². The third-order valence-corrected chi connectivity index (χ3v) is 3.67. The maximum atomic E-state index is 12.4. The molecule has 0 aromatic carbocycles. The maximum absolute atomic E-state index is 12.4. The SMILES string of the molecule is CC(=O)OCC1O[C@@H](OC(C)=O)C(NC(=O)OC(C)(C)C)C(OC(C)=O)[C@@H]1OC(C)=O. The van der Waals surface area contributed by atoms with Crippen LogP contribution in [0.25, 0.3) is 0 Å². The predicted molar refractivity (Wildman–Crippen MR) is 101 cm³/mol. The van der Waals surface area contributed by atoms with Crippen LogP contribution in [0, 0.1) is 0 Å². The molecule has 12 heteroatoms. The highest BCUT2D eigenvalue weighted by Crippen LogP contribution is 2.28. The van der Waals surface area contributed by atoms with E-state index in [-0.39, 0.29) is 0 Å². The number of ether oxygens (including phenoxy) is 6. The molecule has 0 spiro atoms. The van der Waals surface area contributed by atoms with Gasteiger partial charge < -0.3 is 33.7 Å². The van der Waals surface area contributed by atoms with E-state index < -0.39 is 72.8 Å². The van der Waals surface area contributed by atoms with Crippen molar-refractivity contribution in [1.29, 1.82) is 0 Å². The van der Waals surface area contributed by atoms with Gasteiger partial charge >= 0.3 is 30.0 Å². The number of hydrogen-bond donors (Lipinski definition) is 1. The van der Waals surface area contributed by atoms with E-state index in [1.54, 1.807) is 20.8 Å². The summed E-state index contributed by atoms with van der Waals surface area (Å²) in [6.45, 7) is 8.98. The molecule has 1 aliphatic heterocycles. The van der Waals surface area contributed by atoms with E-state index in [1.165, 1.54) is 0 Å². The van der Waals surface area contributed by atoms with Crippen LogP contribution in [0.5, 0.6) is 0 Å². The summed E-state index contributed by atoms with van der Waals surface area (Å²) in [5, 5.41) is 2.44. The number of alkyl carbamates (subject to hydrolysis) is 1. The Bertz CT molecular complexity index is 699. The number of esters is 4. The molecule has 12 nitrogen and oxygen atoms in total. The first-order chi connectivity index (χ1) is 14.2. The Balaban J connectivity index is 3.34. The second kappa shape index (κ2) is 10.9. The fourth-order valence-corrected chi connectivity index (χ4v) is 2.76. The van der Waals surface area contributed by atoms with Crippen molar-refractivity contribution in [3.63, 3.8) is 0 Å². The molecule has 1 heterocycles. The van der Waals surface area contributed by atoms with Crippen LogP contribution in [0.4, 0.5) is 4.79 Å². The highest BCUT2D eigenvalue weighted by molar-refractivity contribution is 5.70. The van der Waals surface area contributed by atoms with Crippen molar-refractivity contribution in [3.05, 3.63) is 0 Å². The standard InChI is InChI=1S/C19H29NO11/c1-9(21)26-8-13-15(27-10(2)22)16(28-11(3)23)14(17(30-13)29-12(4)24)20-18(25)31-19(5,6)7/h13-17H,8H2,1-7H3,(H,20,25)/t13?,14?,15-,16?,17-/m1/s1. The molecule has 0 radical (unpaired) electrons. The molecule has 1 rings (SSSR count). The summed E-state index contributed by atoms with van der Waals surface area (Å²) in [7, 11) is 0. The van der Waals surface area contributed by atoms with E-state index in [4.69, 9.17) is 28.4 Å². The van der Waals surface area contributed by atoms with Crippen molar-refractivity contribution in [2.24, 2.45) is 0 Å². The number of hydrogen-bond acceptors (Lipinski definition) is 11. The van der Waals surface area contributed by atoms with Gasteiger partial charge in [0.05, 0.1) is 0 Å². The lowest BCUT2D eigenvalue weighted by molar-refractivity contribution is -0.270. The Morgan fingerprint density at radius 1 is 0.806 bits per heavy atom. The maximum Gasteiger partial charge on any atom is 0.408 e. The van der Waals surface area contributed by atoms with Crippen molar-refractivity contribution >= 4 is 30.0 Å². The highest BCUT2D eigenvalue weighted by atomic mass is 16.7. The first kappa shape index (κ1) is 26.1. The average molecular weight is 447 g/mol.